The molecule has 1 N–H and O–H groups in total. The van der Waals surface area contributed by atoms with E-state index in [1.165, 1.54) is 52.0 Å². The highest BCUT2D eigenvalue weighted by atomic mass is 15.3. The zero-order valence-electron chi connectivity index (χ0n) is 14.1. The molecule has 0 spiro atoms. The van der Waals surface area contributed by atoms with Gasteiger partial charge in [0, 0.05) is 38.3 Å². The maximum Gasteiger partial charge on any atom is 0.108 e. The van der Waals surface area contributed by atoms with Gasteiger partial charge in [-0.1, -0.05) is 6.92 Å². The fourth-order valence-electron chi connectivity index (χ4n) is 4.04. The SMILES string of the molecule is CCCN1CCN(C2CCCC(C#N)(NC(C)C)C2)CC1. The van der Waals surface area contributed by atoms with Gasteiger partial charge in [-0.3, -0.25) is 10.2 Å². The van der Waals surface area contributed by atoms with Crippen molar-refractivity contribution < 1.29 is 0 Å². The van der Waals surface area contributed by atoms with Crippen LogP contribution in [0.2, 0.25) is 0 Å². The molecule has 1 aliphatic carbocycles. The van der Waals surface area contributed by atoms with E-state index in [2.05, 4.69) is 42.0 Å². The second-order valence-electron chi connectivity index (χ2n) is 7.12. The minimum absolute atomic E-state index is 0.294. The predicted molar refractivity (Wildman–Crippen MR) is 87.2 cm³/mol. The zero-order chi connectivity index (χ0) is 15.3. The maximum absolute atomic E-state index is 9.68. The average Bonchev–Trinajstić information content (AvgIpc) is 2.48. The molecule has 0 bridgehead atoms. The highest BCUT2D eigenvalue weighted by Crippen LogP contribution is 2.31. The van der Waals surface area contributed by atoms with Gasteiger partial charge >= 0.3 is 0 Å². The first kappa shape index (κ1) is 16.7. The van der Waals surface area contributed by atoms with Gasteiger partial charge in [0.1, 0.15) is 5.54 Å². The number of rotatable bonds is 5. The van der Waals surface area contributed by atoms with Crippen molar-refractivity contribution in [2.24, 2.45) is 0 Å². The molecule has 21 heavy (non-hydrogen) atoms. The van der Waals surface area contributed by atoms with E-state index in [1.54, 1.807) is 0 Å². The Hall–Kier alpha value is -0.630. The molecular weight excluding hydrogens is 260 g/mol. The van der Waals surface area contributed by atoms with Gasteiger partial charge in [-0.15, -0.1) is 0 Å². The minimum Gasteiger partial charge on any atom is -0.301 e. The summed E-state index contributed by atoms with van der Waals surface area (Å²) in [5.41, 5.74) is -0.294. The molecule has 1 heterocycles. The van der Waals surface area contributed by atoms with Gasteiger partial charge in [0.15, 0.2) is 0 Å². The van der Waals surface area contributed by atoms with Gasteiger partial charge in [0.25, 0.3) is 0 Å². The zero-order valence-corrected chi connectivity index (χ0v) is 14.1. The standard InChI is InChI=1S/C17H32N4/c1-4-8-20-9-11-21(12-10-20)16-6-5-7-17(13-16,14-18)19-15(2)3/h15-16,19H,4-13H2,1-3H3. The minimum atomic E-state index is -0.294. The van der Waals surface area contributed by atoms with E-state index in [1.807, 2.05) is 0 Å². The van der Waals surface area contributed by atoms with E-state index in [-0.39, 0.29) is 5.54 Å². The molecular formula is C17H32N4. The molecule has 0 amide bonds. The molecule has 1 aliphatic heterocycles. The van der Waals surface area contributed by atoms with Crippen molar-refractivity contribution in [3.05, 3.63) is 0 Å². The summed E-state index contributed by atoms with van der Waals surface area (Å²) in [6.07, 6.45) is 5.69. The lowest BCUT2D eigenvalue weighted by Gasteiger charge is -2.45. The molecule has 1 saturated heterocycles. The summed E-state index contributed by atoms with van der Waals surface area (Å²) >= 11 is 0. The molecule has 120 valence electrons. The Labute approximate surface area is 130 Å². The molecule has 0 aromatic rings. The van der Waals surface area contributed by atoms with E-state index in [0.717, 1.165) is 12.8 Å². The van der Waals surface area contributed by atoms with Crippen LogP contribution in [0.4, 0.5) is 0 Å². The molecule has 4 nitrogen and oxygen atoms in total. The fourth-order valence-corrected chi connectivity index (χ4v) is 4.04. The molecule has 0 aromatic heterocycles. The Balaban J connectivity index is 1.91. The van der Waals surface area contributed by atoms with Crippen molar-refractivity contribution in [2.45, 2.75) is 70.5 Å². The van der Waals surface area contributed by atoms with Gasteiger partial charge in [0.05, 0.1) is 6.07 Å². The first-order chi connectivity index (χ1) is 10.1. The second kappa shape index (κ2) is 7.58. The molecule has 0 radical (unpaired) electrons. The van der Waals surface area contributed by atoms with Gasteiger partial charge in [0.2, 0.25) is 0 Å². The Morgan fingerprint density at radius 1 is 1.29 bits per heavy atom. The third-order valence-corrected chi connectivity index (χ3v) is 4.97. The number of hydrogen-bond donors (Lipinski definition) is 1. The lowest BCUT2D eigenvalue weighted by atomic mass is 9.78. The highest BCUT2D eigenvalue weighted by molar-refractivity contribution is 5.12. The van der Waals surface area contributed by atoms with E-state index >= 15 is 0 Å². The van der Waals surface area contributed by atoms with Crippen LogP contribution in [0.25, 0.3) is 0 Å². The lowest BCUT2D eigenvalue weighted by molar-refractivity contribution is 0.0614. The Kier molecular flexibility index (Phi) is 6.04. The third kappa shape index (κ3) is 4.42. The fraction of sp³-hybridized carbons (Fsp3) is 0.941. The number of nitrogens with zero attached hydrogens (tertiary/aromatic N) is 3. The van der Waals surface area contributed by atoms with Crippen LogP contribution in [0.5, 0.6) is 0 Å². The van der Waals surface area contributed by atoms with Crippen LogP contribution in [0.15, 0.2) is 0 Å². The molecule has 1 saturated carbocycles. The number of piperazine rings is 1. The van der Waals surface area contributed by atoms with E-state index < -0.39 is 0 Å². The first-order valence-electron chi connectivity index (χ1n) is 8.74. The van der Waals surface area contributed by atoms with Crippen molar-refractivity contribution in [3.63, 3.8) is 0 Å². The Morgan fingerprint density at radius 2 is 2.00 bits per heavy atom. The number of nitriles is 1. The molecule has 2 unspecified atom stereocenters. The van der Waals surface area contributed by atoms with Crippen LogP contribution >= 0.6 is 0 Å². The number of nitrogens with one attached hydrogen (secondary N) is 1. The van der Waals surface area contributed by atoms with Crippen molar-refractivity contribution in [3.8, 4) is 6.07 Å². The predicted octanol–water partition coefficient (Wildman–Crippen LogP) is 2.22. The summed E-state index contributed by atoms with van der Waals surface area (Å²) in [5.74, 6) is 0. The molecule has 2 atom stereocenters. The summed E-state index contributed by atoms with van der Waals surface area (Å²) in [6, 6.07) is 3.57. The Morgan fingerprint density at radius 3 is 2.57 bits per heavy atom. The van der Waals surface area contributed by atoms with Crippen LogP contribution in [-0.2, 0) is 0 Å². The Bertz CT molecular complexity index is 354. The first-order valence-corrected chi connectivity index (χ1v) is 8.74. The monoisotopic (exact) mass is 292 g/mol. The lowest BCUT2D eigenvalue weighted by Crippen LogP contribution is -2.57. The number of hydrogen-bond acceptors (Lipinski definition) is 4. The molecule has 2 fully saturated rings. The molecule has 4 heteroatoms. The van der Waals surface area contributed by atoms with Gasteiger partial charge in [-0.2, -0.15) is 5.26 Å². The highest BCUT2D eigenvalue weighted by Gasteiger charge is 2.39. The summed E-state index contributed by atoms with van der Waals surface area (Å²) in [5, 5.41) is 13.2. The third-order valence-electron chi connectivity index (χ3n) is 4.97. The maximum atomic E-state index is 9.68. The second-order valence-corrected chi connectivity index (χ2v) is 7.12. The van der Waals surface area contributed by atoms with Crippen molar-refractivity contribution in [1.29, 1.82) is 5.26 Å². The normalized spacial score (nSPS) is 32.2. The van der Waals surface area contributed by atoms with E-state index in [9.17, 15) is 5.26 Å². The van der Waals surface area contributed by atoms with Crippen LogP contribution in [-0.4, -0.2) is 60.1 Å². The summed E-state index contributed by atoms with van der Waals surface area (Å²) in [4.78, 5) is 5.21. The van der Waals surface area contributed by atoms with Crippen LogP contribution in [0.3, 0.4) is 0 Å². The molecule has 2 rings (SSSR count). The van der Waals surface area contributed by atoms with Crippen LogP contribution < -0.4 is 5.32 Å². The molecule has 2 aliphatic rings. The largest absolute Gasteiger partial charge is 0.301 e. The smallest absolute Gasteiger partial charge is 0.108 e. The molecule has 0 aromatic carbocycles. The summed E-state index contributed by atoms with van der Waals surface area (Å²) < 4.78 is 0. The van der Waals surface area contributed by atoms with Crippen molar-refractivity contribution in [2.75, 3.05) is 32.7 Å². The van der Waals surface area contributed by atoms with Crippen LogP contribution in [0, 0.1) is 11.3 Å². The quantitative estimate of drug-likeness (QED) is 0.844. The van der Waals surface area contributed by atoms with Gasteiger partial charge < -0.3 is 4.90 Å². The summed E-state index contributed by atoms with van der Waals surface area (Å²) in [7, 11) is 0. The summed E-state index contributed by atoms with van der Waals surface area (Å²) in [6.45, 7) is 12.5. The van der Waals surface area contributed by atoms with Crippen LogP contribution in [0.1, 0.15) is 52.9 Å². The van der Waals surface area contributed by atoms with E-state index in [4.69, 9.17) is 0 Å². The average molecular weight is 292 g/mol. The van der Waals surface area contributed by atoms with Gasteiger partial charge in [-0.05, 0) is 52.5 Å². The van der Waals surface area contributed by atoms with Crippen molar-refractivity contribution >= 4 is 0 Å². The topological polar surface area (TPSA) is 42.3 Å². The van der Waals surface area contributed by atoms with Crippen molar-refractivity contribution in [1.82, 2.24) is 15.1 Å². The van der Waals surface area contributed by atoms with E-state index in [0.29, 0.717) is 12.1 Å². The van der Waals surface area contributed by atoms with Gasteiger partial charge in [-0.25, -0.2) is 0 Å².